The molecular weight excluding hydrogens is 236 g/mol. The summed E-state index contributed by atoms with van der Waals surface area (Å²) < 4.78 is 0. The zero-order chi connectivity index (χ0) is 13.0. The average Bonchev–Trinajstić information content (AvgIpc) is 2.24. The Morgan fingerprint density at radius 3 is 2.59 bits per heavy atom. The number of aryl methyl sites for hydroxylation is 1. The van der Waals surface area contributed by atoms with Crippen molar-refractivity contribution in [1.82, 2.24) is 0 Å². The predicted molar refractivity (Wildman–Crippen MR) is 68.8 cm³/mol. The van der Waals surface area contributed by atoms with Crippen molar-refractivity contribution in [1.29, 1.82) is 5.26 Å². The van der Waals surface area contributed by atoms with Crippen LogP contribution in [0.25, 0.3) is 0 Å². The lowest BCUT2D eigenvalue weighted by atomic mass is 9.96. The van der Waals surface area contributed by atoms with Gasteiger partial charge in [0.1, 0.15) is 5.92 Å². The number of rotatable bonds is 3. The lowest BCUT2D eigenvalue weighted by molar-refractivity contribution is -0.119. The van der Waals surface area contributed by atoms with E-state index in [1.807, 2.05) is 32.9 Å². The molecule has 0 spiro atoms. The van der Waals surface area contributed by atoms with Crippen molar-refractivity contribution in [2.24, 2.45) is 11.8 Å². The Labute approximate surface area is 106 Å². The number of carbonyl (C=O) groups is 1. The first-order chi connectivity index (χ1) is 7.95. The number of nitrogens with one attached hydrogen (secondary N) is 1. The number of amides is 1. The molecule has 0 radical (unpaired) electrons. The van der Waals surface area contributed by atoms with E-state index >= 15 is 0 Å². The molecule has 90 valence electrons. The van der Waals surface area contributed by atoms with E-state index in [2.05, 4.69) is 5.32 Å². The van der Waals surface area contributed by atoms with Gasteiger partial charge in [-0.05, 0) is 30.5 Å². The van der Waals surface area contributed by atoms with Gasteiger partial charge in [0.2, 0.25) is 5.91 Å². The topological polar surface area (TPSA) is 52.9 Å². The minimum Gasteiger partial charge on any atom is -0.325 e. The molecule has 4 heteroatoms. The van der Waals surface area contributed by atoms with Crippen molar-refractivity contribution in [3.8, 4) is 6.07 Å². The Morgan fingerprint density at radius 1 is 1.47 bits per heavy atom. The quantitative estimate of drug-likeness (QED) is 0.894. The van der Waals surface area contributed by atoms with Gasteiger partial charge >= 0.3 is 0 Å². The molecule has 1 aromatic rings. The lowest BCUT2D eigenvalue weighted by Crippen LogP contribution is -2.25. The van der Waals surface area contributed by atoms with Gasteiger partial charge in [-0.2, -0.15) is 5.26 Å². The molecule has 0 bridgehead atoms. The van der Waals surface area contributed by atoms with E-state index in [0.717, 1.165) is 5.56 Å². The van der Waals surface area contributed by atoms with Gasteiger partial charge in [0.05, 0.1) is 6.07 Å². The molecule has 0 aliphatic rings. The van der Waals surface area contributed by atoms with Crippen molar-refractivity contribution in [2.45, 2.75) is 20.8 Å². The minimum atomic E-state index is -0.643. The van der Waals surface area contributed by atoms with Crippen LogP contribution in [0, 0.1) is 30.1 Å². The number of halogens is 1. The first kappa shape index (κ1) is 13.5. The second-order valence-electron chi connectivity index (χ2n) is 4.30. The molecule has 1 aromatic carbocycles. The summed E-state index contributed by atoms with van der Waals surface area (Å²) in [4.78, 5) is 11.8. The molecule has 0 saturated carbocycles. The molecule has 0 aromatic heterocycles. The maximum atomic E-state index is 11.8. The van der Waals surface area contributed by atoms with Crippen LogP contribution in [0.15, 0.2) is 18.2 Å². The normalized spacial score (nSPS) is 12.0. The van der Waals surface area contributed by atoms with Crippen molar-refractivity contribution >= 4 is 23.2 Å². The molecule has 0 saturated heterocycles. The number of benzene rings is 1. The van der Waals surface area contributed by atoms with Crippen LogP contribution in [-0.2, 0) is 4.79 Å². The molecule has 0 aliphatic heterocycles. The van der Waals surface area contributed by atoms with Crippen molar-refractivity contribution in [2.75, 3.05) is 5.32 Å². The van der Waals surface area contributed by atoms with Crippen LogP contribution in [0.5, 0.6) is 0 Å². The highest BCUT2D eigenvalue weighted by Gasteiger charge is 2.21. The fourth-order valence-corrected chi connectivity index (χ4v) is 1.58. The summed E-state index contributed by atoms with van der Waals surface area (Å²) in [7, 11) is 0. The summed E-state index contributed by atoms with van der Waals surface area (Å²) in [6.45, 7) is 5.57. The number of anilines is 1. The number of hydrogen-bond acceptors (Lipinski definition) is 2. The van der Waals surface area contributed by atoms with Crippen molar-refractivity contribution in [3.05, 3.63) is 28.8 Å². The molecule has 1 atom stereocenters. The molecule has 3 nitrogen and oxygen atoms in total. The summed E-state index contributed by atoms with van der Waals surface area (Å²) in [6, 6.07) is 7.29. The lowest BCUT2D eigenvalue weighted by Gasteiger charge is -2.13. The Morgan fingerprint density at radius 2 is 2.12 bits per heavy atom. The second kappa shape index (κ2) is 5.70. The zero-order valence-corrected chi connectivity index (χ0v) is 10.9. The maximum absolute atomic E-state index is 11.8. The molecule has 1 N–H and O–H groups in total. The van der Waals surface area contributed by atoms with Gasteiger partial charge in [0, 0.05) is 10.7 Å². The monoisotopic (exact) mass is 250 g/mol. The van der Waals surface area contributed by atoms with E-state index in [9.17, 15) is 4.79 Å². The van der Waals surface area contributed by atoms with E-state index in [1.54, 1.807) is 12.1 Å². The SMILES string of the molecule is Cc1ccc(NC(=O)C(C#N)C(C)C)cc1Cl. The van der Waals surface area contributed by atoms with Crippen molar-refractivity contribution < 1.29 is 4.79 Å². The largest absolute Gasteiger partial charge is 0.325 e. The van der Waals surface area contributed by atoms with E-state index in [4.69, 9.17) is 16.9 Å². The number of hydrogen-bond donors (Lipinski definition) is 1. The smallest absolute Gasteiger partial charge is 0.241 e. The molecule has 0 fully saturated rings. The molecule has 1 amide bonds. The highest BCUT2D eigenvalue weighted by atomic mass is 35.5. The first-order valence-corrected chi connectivity index (χ1v) is 5.80. The zero-order valence-electron chi connectivity index (χ0n) is 10.1. The van der Waals surface area contributed by atoms with E-state index in [0.29, 0.717) is 10.7 Å². The van der Waals surface area contributed by atoms with Crippen LogP contribution in [0.1, 0.15) is 19.4 Å². The Kier molecular flexibility index (Phi) is 4.53. The van der Waals surface area contributed by atoms with Crippen LogP contribution in [0.4, 0.5) is 5.69 Å². The van der Waals surface area contributed by atoms with Crippen molar-refractivity contribution in [3.63, 3.8) is 0 Å². The maximum Gasteiger partial charge on any atom is 0.241 e. The predicted octanol–water partition coefficient (Wildman–Crippen LogP) is 3.38. The van der Waals surface area contributed by atoms with Gasteiger partial charge in [-0.1, -0.05) is 31.5 Å². The number of nitriles is 1. The van der Waals surface area contributed by atoms with Gasteiger partial charge in [-0.15, -0.1) is 0 Å². The molecule has 1 unspecified atom stereocenters. The fraction of sp³-hybridized carbons (Fsp3) is 0.385. The third-order valence-corrected chi connectivity index (χ3v) is 2.93. The fourth-order valence-electron chi connectivity index (χ4n) is 1.40. The summed E-state index contributed by atoms with van der Waals surface area (Å²) in [6.07, 6.45) is 0. The van der Waals surface area contributed by atoms with Crippen LogP contribution >= 0.6 is 11.6 Å². The highest BCUT2D eigenvalue weighted by Crippen LogP contribution is 2.21. The molecular formula is C13H15ClN2O. The van der Waals surface area contributed by atoms with Crippen LogP contribution in [-0.4, -0.2) is 5.91 Å². The Bertz CT molecular complexity index is 463. The average molecular weight is 251 g/mol. The highest BCUT2D eigenvalue weighted by molar-refractivity contribution is 6.31. The van der Waals surface area contributed by atoms with Gasteiger partial charge in [0.25, 0.3) is 0 Å². The second-order valence-corrected chi connectivity index (χ2v) is 4.71. The van der Waals surface area contributed by atoms with Crippen LogP contribution in [0.3, 0.4) is 0 Å². The Hall–Kier alpha value is -1.53. The van der Waals surface area contributed by atoms with Crippen LogP contribution in [0.2, 0.25) is 5.02 Å². The first-order valence-electron chi connectivity index (χ1n) is 5.42. The number of nitrogens with zero attached hydrogens (tertiary/aromatic N) is 1. The van der Waals surface area contributed by atoms with Gasteiger partial charge in [-0.25, -0.2) is 0 Å². The molecule has 1 rings (SSSR count). The molecule has 0 aliphatic carbocycles. The Balaban J connectivity index is 2.81. The van der Waals surface area contributed by atoms with Gasteiger partial charge < -0.3 is 5.32 Å². The summed E-state index contributed by atoms with van der Waals surface area (Å²) in [5.41, 5.74) is 1.57. The third-order valence-electron chi connectivity index (χ3n) is 2.53. The minimum absolute atomic E-state index is 0.0130. The van der Waals surface area contributed by atoms with E-state index < -0.39 is 5.92 Å². The van der Waals surface area contributed by atoms with Gasteiger partial charge in [0.15, 0.2) is 0 Å². The summed E-state index contributed by atoms with van der Waals surface area (Å²) >= 11 is 5.96. The third kappa shape index (κ3) is 3.47. The summed E-state index contributed by atoms with van der Waals surface area (Å²) in [5.74, 6) is -0.946. The molecule has 17 heavy (non-hydrogen) atoms. The van der Waals surface area contributed by atoms with Gasteiger partial charge in [-0.3, -0.25) is 4.79 Å². The molecule has 0 heterocycles. The van der Waals surface area contributed by atoms with Crippen LogP contribution < -0.4 is 5.32 Å². The standard InChI is InChI=1S/C13H15ClN2O/c1-8(2)11(7-15)13(17)16-10-5-4-9(3)12(14)6-10/h4-6,8,11H,1-3H3,(H,16,17). The van der Waals surface area contributed by atoms with E-state index in [-0.39, 0.29) is 11.8 Å². The van der Waals surface area contributed by atoms with E-state index in [1.165, 1.54) is 0 Å². The summed E-state index contributed by atoms with van der Waals surface area (Å²) in [5, 5.41) is 12.2. The number of carbonyl (C=O) groups excluding carboxylic acids is 1.